The van der Waals surface area contributed by atoms with E-state index >= 15 is 0 Å². The van der Waals surface area contributed by atoms with Crippen LogP contribution in [0.4, 0.5) is 5.69 Å². The summed E-state index contributed by atoms with van der Waals surface area (Å²) in [5.41, 5.74) is 8.57. The zero-order valence-electron chi connectivity index (χ0n) is 11.8. The SMILES string of the molecule is COC(=O)C(C)C(C)N1CC(N)Cc2ccccc21. The maximum Gasteiger partial charge on any atom is 0.310 e. The summed E-state index contributed by atoms with van der Waals surface area (Å²) in [4.78, 5) is 13.9. The van der Waals surface area contributed by atoms with Gasteiger partial charge in [0.25, 0.3) is 0 Å². The zero-order chi connectivity index (χ0) is 14.0. The van der Waals surface area contributed by atoms with E-state index in [1.807, 2.05) is 19.1 Å². The average molecular weight is 262 g/mol. The minimum atomic E-state index is -0.177. The highest BCUT2D eigenvalue weighted by molar-refractivity contribution is 5.73. The van der Waals surface area contributed by atoms with Crippen molar-refractivity contribution in [1.29, 1.82) is 0 Å². The van der Waals surface area contributed by atoms with Gasteiger partial charge >= 0.3 is 5.97 Å². The molecule has 1 aromatic carbocycles. The minimum Gasteiger partial charge on any atom is -0.469 e. The molecule has 1 heterocycles. The van der Waals surface area contributed by atoms with Crippen LogP contribution in [-0.4, -0.2) is 31.7 Å². The van der Waals surface area contributed by atoms with E-state index in [1.54, 1.807) is 0 Å². The molecule has 0 aliphatic carbocycles. The molecule has 4 nitrogen and oxygen atoms in total. The van der Waals surface area contributed by atoms with Crippen LogP contribution in [-0.2, 0) is 16.0 Å². The third kappa shape index (κ3) is 2.73. The number of benzene rings is 1. The quantitative estimate of drug-likeness (QED) is 0.840. The van der Waals surface area contributed by atoms with Crippen molar-refractivity contribution in [2.75, 3.05) is 18.6 Å². The Balaban J connectivity index is 2.27. The molecule has 0 saturated carbocycles. The molecule has 0 saturated heterocycles. The van der Waals surface area contributed by atoms with Crippen molar-refractivity contribution >= 4 is 11.7 Å². The monoisotopic (exact) mass is 262 g/mol. The second kappa shape index (κ2) is 5.61. The second-order valence-corrected chi connectivity index (χ2v) is 5.30. The van der Waals surface area contributed by atoms with Gasteiger partial charge in [-0.05, 0) is 31.9 Å². The first-order chi connectivity index (χ1) is 9.04. The molecular weight excluding hydrogens is 240 g/mol. The molecule has 0 aromatic heterocycles. The lowest BCUT2D eigenvalue weighted by molar-refractivity contribution is -0.145. The van der Waals surface area contributed by atoms with E-state index < -0.39 is 0 Å². The molecule has 3 atom stereocenters. The molecular formula is C15H22N2O2. The fourth-order valence-corrected chi connectivity index (χ4v) is 2.70. The number of fused-ring (bicyclic) bond motifs is 1. The first kappa shape index (κ1) is 13.9. The Morgan fingerprint density at radius 2 is 2.11 bits per heavy atom. The first-order valence-electron chi connectivity index (χ1n) is 6.72. The maximum absolute atomic E-state index is 11.7. The zero-order valence-corrected chi connectivity index (χ0v) is 11.8. The Morgan fingerprint density at radius 3 is 2.79 bits per heavy atom. The smallest absolute Gasteiger partial charge is 0.310 e. The number of ether oxygens (including phenoxy) is 1. The highest BCUT2D eigenvalue weighted by Gasteiger charge is 2.31. The predicted octanol–water partition coefficient (Wildman–Crippen LogP) is 1.57. The second-order valence-electron chi connectivity index (χ2n) is 5.30. The van der Waals surface area contributed by atoms with Crippen LogP contribution in [0.2, 0.25) is 0 Å². The number of rotatable bonds is 3. The normalized spacial score (nSPS) is 21.5. The van der Waals surface area contributed by atoms with Gasteiger partial charge < -0.3 is 15.4 Å². The van der Waals surface area contributed by atoms with Gasteiger partial charge in [0.05, 0.1) is 13.0 Å². The third-order valence-corrected chi connectivity index (χ3v) is 4.00. The van der Waals surface area contributed by atoms with E-state index in [1.165, 1.54) is 18.4 Å². The van der Waals surface area contributed by atoms with Gasteiger partial charge in [0.2, 0.25) is 0 Å². The molecule has 0 spiro atoms. The number of methoxy groups -OCH3 is 1. The van der Waals surface area contributed by atoms with Crippen LogP contribution >= 0.6 is 0 Å². The predicted molar refractivity (Wildman–Crippen MR) is 76.1 cm³/mol. The van der Waals surface area contributed by atoms with Gasteiger partial charge in [-0.25, -0.2) is 0 Å². The number of anilines is 1. The summed E-state index contributed by atoms with van der Waals surface area (Å²) in [6.07, 6.45) is 0.895. The summed E-state index contributed by atoms with van der Waals surface area (Å²) < 4.78 is 4.84. The lowest BCUT2D eigenvalue weighted by Gasteiger charge is -2.40. The van der Waals surface area contributed by atoms with Crippen LogP contribution in [0.5, 0.6) is 0 Å². The van der Waals surface area contributed by atoms with Crippen LogP contribution in [0.25, 0.3) is 0 Å². The number of nitrogens with zero attached hydrogens (tertiary/aromatic N) is 1. The molecule has 1 aliphatic heterocycles. The van der Waals surface area contributed by atoms with Crippen LogP contribution in [0.15, 0.2) is 24.3 Å². The summed E-state index contributed by atoms with van der Waals surface area (Å²) in [6, 6.07) is 8.45. The number of esters is 1. The van der Waals surface area contributed by atoms with Gasteiger partial charge in [-0.3, -0.25) is 4.79 Å². The topological polar surface area (TPSA) is 55.6 Å². The largest absolute Gasteiger partial charge is 0.469 e. The molecule has 1 aromatic rings. The summed E-state index contributed by atoms with van der Waals surface area (Å²) in [5, 5.41) is 0. The fourth-order valence-electron chi connectivity index (χ4n) is 2.70. The molecule has 19 heavy (non-hydrogen) atoms. The molecule has 0 radical (unpaired) electrons. The Bertz CT molecular complexity index is 461. The van der Waals surface area contributed by atoms with Crippen molar-refractivity contribution in [3.63, 3.8) is 0 Å². The number of carbonyl (C=O) groups is 1. The molecule has 4 heteroatoms. The van der Waals surface area contributed by atoms with Crippen LogP contribution in [0.1, 0.15) is 19.4 Å². The van der Waals surface area contributed by atoms with Crippen molar-refractivity contribution in [2.45, 2.75) is 32.4 Å². The fraction of sp³-hybridized carbons (Fsp3) is 0.533. The highest BCUT2D eigenvalue weighted by atomic mass is 16.5. The van der Waals surface area contributed by atoms with Gasteiger partial charge in [0.1, 0.15) is 0 Å². The van der Waals surface area contributed by atoms with Gasteiger partial charge in [-0.15, -0.1) is 0 Å². The van der Waals surface area contributed by atoms with Gasteiger partial charge in [-0.2, -0.15) is 0 Å². The molecule has 0 bridgehead atoms. The maximum atomic E-state index is 11.7. The van der Waals surface area contributed by atoms with Crippen molar-refractivity contribution in [1.82, 2.24) is 0 Å². The van der Waals surface area contributed by atoms with Crippen molar-refractivity contribution in [2.24, 2.45) is 11.7 Å². The van der Waals surface area contributed by atoms with Crippen LogP contribution in [0, 0.1) is 5.92 Å². The third-order valence-electron chi connectivity index (χ3n) is 4.00. The molecule has 2 N–H and O–H groups in total. The van der Waals surface area contributed by atoms with E-state index in [4.69, 9.17) is 10.5 Å². The summed E-state index contributed by atoms with van der Waals surface area (Å²) in [5.74, 6) is -0.354. The molecule has 2 rings (SSSR count). The number of hydrogen-bond donors (Lipinski definition) is 1. The summed E-state index contributed by atoms with van der Waals surface area (Å²) in [6.45, 7) is 4.73. The Kier molecular flexibility index (Phi) is 4.10. The van der Waals surface area contributed by atoms with E-state index in [9.17, 15) is 4.79 Å². The lowest BCUT2D eigenvalue weighted by atomic mass is 9.93. The first-order valence-corrected chi connectivity index (χ1v) is 6.72. The van der Waals surface area contributed by atoms with Gasteiger partial charge in [0, 0.05) is 24.3 Å². The van der Waals surface area contributed by atoms with Crippen molar-refractivity contribution < 1.29 is 9.53 Å². The number of carbonyl (C=O) groups excluding carboxylic acids is 1. The van der Waals surface area contributed by atoms with Crippen LogP contribution in [0.3, 0.4) is 0 Å². The standard InChI is InChI=1S/C15H22N2O2/c1-10(15(18)19-3)11(2)17-9-13(16)8-12-6-4-5-7-14(12)17/h4-7,10-11,13H,8-9,16H2,1-3H3. The molecule has 0 fully saturated rings. The van der Waals surface area contributed by atoms with E-state index in [0.717, 1.165) is 13.0 Å². The van der Waals surface area contributed by atoms with E-state index in [-0.39, 0.29) is 24.0 Å². The average Bonchev–Trinajstić information content (AvgIpc) is 2.43. The molecule has 3 unspecified atom stereocenters. The highest BCUT2D eigenvalue weighted by Crippen LogP contribution is 2.30. The summed E-state index contributed by atoms with van der Waals surface area (Å²) in [7, 11) is 1.43. The Morgan fingerprint density at radius 1 is 1.42 bits per heavy atom. The summed E-state index contributed by atoms with van der Waals surface area (Å²) >= 11 is 0. The number of hydrogen-bond acceptors (Lipinski definition) is 4. The molecule has 104 valence electrons. The molecule has 0 amide bonds. The number of nitrogens with two attached hydrogens (primary N) is 1. The molecule has 1 aliphatic rings. The number of para-hydroxylation sites is 1. The minimum absolute atomic E-state index is 0.0694. The lowest BCUT2D eigenvalue weighted by Crippen LogP contribution is -2.50. The van der Waals surface area contributed by atoms with E-state index in [2.05, 4.69) is 24.0 Å². The van der Waals surface area contributed by atoms with E-state index in [0.29, 0.717) is 0 Å². The van der Waals surface area contributed by atoms with Crippen LogP contribution < -0.4 is 10.6 Å². The van der Waals surface area contributed by atoms with Crippen molar-refractivity contribution in [3.05, 3.63) is 29.8 Å². The van der Waals surface area contributed by atoms with Gasteiger partial charge in [-0.1, -0.05) is 18.2 Å². The Hall–Kier alpha value is -1.55. The van der Waals surface area contributed by atoms with Crippen molar-refractivity contribution in [3.8, 4) is 0 Å². The Labute approximate surface area is 114 Å². The van der Waals surface area contributed by atoms with Gasteiger partial charge in [0.15, 0.2) is 0 Å².